The molecule has 0 fully saturated rings. The first-order valence-electron chi connectivity index (χ1n) is 6.37. The van der Waals surface area contributed by atoms with E-state index in [0.29, 0.717) is 17.8 Å². The van der Waals surface area contributed by atoms with Gasteiger partial charge in [0.2, 0.25) is 11.8 Å². The normalized spacial score (nSPS) is 11.8. The molecule has 4 N–H and O–H groups in total. The Bertz CT molecular complexity index is 491. The highest BCUT2D eigenvalue weighted by Crippen LogP contribution is 2.23. The van der Waals surface area contributed by atoms with Crippen LogP contribution in [0.2, 0.25) is 0 Å². The molecule has 0 radical (unpaired) electrons. The SMILES string of the molecule is CSCC[C@H](N)C(=O)Nc1cc(C)ccc1NC(C)=O. The fraction of sp³-hybridized carbons (Fsp3) is 0.429. The van der Waals surface area contributed by atoms with Crippen LogP contribution in [0.4, 0.5) is 11.4 Å². The van der Waals surface area contributed by atoms with Crippen molar-refractivity contribution < 1.29 is 9.59 Å². The van der Waals surface area contributed by atoms with Gasteiger partial charge in [-0.1, -0.05) is 6.07 Å². The van der Waals surface area contributed by atoms with Gasteiger partial charge < -0.3 is 16.4 Å². The van der Waals surface area contributed by atoms with Gasteiger partial charge in [0.1, 0.15) is 0 Å². The Morgan fingerprint density at radius 1 is 1.30 bits per heavy atom. The third-order valence-electron chi connectivity index (χ3n) is 2.71. The molecule has 0 aliphatic rings. The predicted octanol–water partition coefficient (Wildman–Crippen LogP) is 1.97. The maximum Gasteiger partial charge on any atom is 0.241 e. The number of amides is 2. The number of carbonyl (C=O) groups excluding carboxylic acids is 2. The molecule has 5 nitrogen and oxygen atoms in total. The molecule has 1 atom stereocenters. The zero-order valence-electron chi connectivity index (χ0n) is 12.0. The molecule has 110 valence electrons. The first-order chi connectivity index (χ1) is 9.43. The Labute approximate surface area is 123 Å². The summed E-state index contributed by atoms with van der Waals surface area (Å²) in [6.07, 6.45) is 2.59. The number of hydrogen-bond acceptors (Lipinski definition) is 4. The van der Waals surface area contributed by atoms with Crippen LogP contribution in [-0.4, -0.2) is 29.9 Å². The van der Waals surface area contributed by atoms with E-state index in [1.807, 2.05) is 25.3 Å². The fourth-order valence-corrected chi connectivity index (χ4v) is 2.15. The Morgan fingerprint density at radius 2 is 2.00 bits per heavy atom. The van der Waals surface area contributed by atoms with Gasteiger partial charge in [-0.3, -0.25) is 9.59 Å². The van der Waals surface area contributed by atoms with Crippen molar-refractivity contribution in [1.82, 2.24) is 0 Å². The molecule has 0 saturated heterocycles. The van der Waals surface area contributed by atoms with Crippen molar-refractivity contribution in [2.75, 3.05) is 22.6 Å². The number of carbonyl (C=O) groups is 2. The number of thioether (sulfide) groups is 1. The Morgan fingerprint density at radius 3 is 2.60 bits per heavy atom. The molecule has 0 bridgehead atoms. The zero-order valence-corrected chi connectivity index (χ0v) is 12.8. The Balaban J connectivity index is 2.81. The predicted molar refractivity (Wildman–Crippen MR) is 85.1 cm³/mol. The van der Waals surface area contributed by atoms with Crippen molar-refractivity contribution in [3.63, 3.8) is 0 Å². The van der Waals surface area contributed by atoms with E-state index >= 15 is 0 Å². The number of aryl methyl sites for hydroxylation is 1. The molecular formula is C14H21N3O2S. The summed E-state index contributed by atoms with van der Waals surface area (Å²) in [5.74, 6) is 0.410. The van der Waals surface area contributed by atoms with Crippen LogP contribution >= 0.6 is 11.8 Å². The summed E-state index contributed by atoms with van der Waals surface area (Å²) in [6, 6.07) is 4.90. The lowest BCUT2D eigenvalue weighted by Gasteiger charge is -2.15. The largest absolute Gasteiger partial charge is 0.325 e. The molecule has 1 aromatic carbocycles. The first kappa shape index (κ1) is 16.5. The van der Waals surface area contributed by atoms with Crippen molar-refractivity contribution in [1.29, 1.82) is 0 Å². The van der Waals surface area contributed by atoms with Gasteiger partial charge >= 0.3 is 0 Å². The van der Waals surface area contributed by atoms with Crippen LogP contribution in [0.5, 0.6) is 0 Å². The summed E-state index contributed by atoms with van der Waals surface area (Å²) in [6.45, 7) is 3.34. The van der Waals surface area contributed by atoms with Crippen LogP contribution in [0.1, 0.15) is 18.9 Å². The molecule has 0 saturated carbocycles. The molecule has 1 aromatic rings. The van der Waals surface area contributed by atoms with Crippen molar-refractivity contribution in [3.05, 3.63) is 23.8 Å². The first-order valence-corrected chi connectivity index (χ1v) is 7.77. The maximum absolute atomic E-state index is 12.0. The smallest absolute Gasteiger partial charge is 0.241 e. The van der Waals surface area contributed by atoms with Gasteiger partial charge in [-0.2, -0.15) is 11.8 Å². The summed E-state index contributed by atoms with van der Waals surface area (Å²) in [7, 11) is 0. The average molecular weight is 295 g/mol. The molecule has 0 aliphatic heterocycles. The highest BCUT2D eigenvalue weighted by atomic mass is 32.2. The molecule has 0 spiro atoms. The van der Waals surface area contributed by atoms with Crippen LogP contribution in [0.25, 0.3) is 0 Å². The Kier molecular flexibility index (Phi) is 6.54. The second-order valence-electron chi connectivity index (χ2n) is 4.61. The molecule has 0 heterocycles. The molecule has 0 aliphatic carbocycles. The van der Waals surface area contributed by atoms with E-state index in [4.69, 9.17) is 5.73 Å². The lowest BCUT2D eigenvalue weighted by Crippen LogP contribution is -2.36. The highest BCUT2D eigenvalue weighted by Gasteiger charge is 2.15. The van der Waals surface area contributed by atoms with Crippen LogP contribution < -0.4 is 16.4 Å². The molecule has 0 unspecified atom stereocenters. The van der Waals surface area contributed by atoms with Crippen LogP contribution in [0, 0.1) is 6.92 Å². The van der Waals surface area contributed by atoms with Crippen LogP contribution in [0.15, 0.2) is 18.2 Å². The lowest BCUT2D eigenvalue weighted by molar-refractivity contribution is -0.117. The monoisotopic (exact) mass is 295 g/mol. The minimum absolute atomic E-state index is 0.184. The standard InChI is InChI=1S/C14H21N3O2S/c1-9-4-5-12(16-10(2)18)13(8-9)17-14(19)11(15)6-7-20-3/h4-5,8,11H,6-7,15H2,1-3H3,(H,16,18)(H,17,19)/t11-/m0/s1. The third kappa shape index (κ3) is 5.22. The molecule has 0 aromatic heterocycles. The fourth-order valence-electron chi connectivity index (χ4n) is 1.66. The number of nitrogens with two attached hydrogens (primary N) is 1. The second kappa shape index (κ2) is 7.91. The minimum atomic E-state index is -0.548. The quantitative estimate of drug-likeness (QED) is 0.749. The second-order valence-corrected chi connectivity index (χ2v) is 5.59. The van der Waals surface area contributed by atoms with Gasteiger partial charge in [-0.25, -0.2) is 0 Å². The van der Waals surface area contributed by atoms with E-state index in [-0.39, 0.29) is 11.8 Å². The van der Waals surface area contributed by atoms with Crippen molar-refractivity contribution in [3.8, 4) is 0 Å². The Hall–Kier alpha value is -1.53. The van der Waals surface area contributed by atoms with Gasteiger partial charge in [0.15, 0.2) is 0 Å². The van der Waals surface area contributed by atoms with Gasteiger partial charge in [0.25, 0.3) is 0 Å². The van der Waals surface area contributed by atoms with Gasteiger partial charge in [0.05, 0.1) is 17.4 Å². The van der Waals surface area contributed by atoms with E-state index in [2.05, 4.69) is 10.6 Å². The van der Waals surface area contributed by atoms with Crippen LogP contribution in [-0.2, 0) is 9.59 Å². The molecule has 20 heavy (non-hydrogen) atoms. The molecular weight excluding hydrogens is 274 g/mol. The van der Waals surface area contributed by atoms with E-state index in [1.165, 1.54) is 6.92 Å². The van der Waals surface area contributed by atoms with Crippen LogP contribution in [0.3, 0.4) is 0 Å². The van der Waals surface area contributed by atoms with E-state index < -0.39 is 6.04 Å². The maximum atomic E-state index is 12.0. The van der Waals surface area contributed by atoms with Gasteiger partial charge in [0, 0.05) is 6.92 Å². The summed E-state index contributed by atoms with van der Waals surface area (Å²) >= 11 is 1.65. The molecule has 1 rings (SSSR count). The third-order valence-corrected chi connectivity index (χ3v) is 3.36. The van der Waals surface area contributed by atoms with Crippen molar-refractivity contribution in [2.45, 2.75) is 26.3 Å². The van der Waals surface area contributed by atoms with E-state index in [9.17, 15) is 9.59 Å². The van der Waals surface area contributed by atoms with Crippen molar-refractivity contribution >= 4 is 35.0 Å². The zero-order chi connectivity index (χ0) is 15.1. The number of benzene rings is 1. The van der Waals surface area contributed by atoms with Gasteiger partial charge in [-0.15, -0.1) is 0 Å². The summed E-state index contributed by atoms with van der Waals surface area (Å²) < 4.78 is 0. The highest BCUT2D eigenvalue weighted by molar-refractivity contribution is 7.98. The van der Waals surface area contributed by atoms with E-state index in [0.717, 1.165) is 11.3 Å². The summed E-state index contributed by atoms with van der Waals surface area (Å²) in [5.41, 5.74) is 7.97. The number of rotatable bonds is 6. The summed E-state index contributed by atoms with van der Waals surface area (Å²) in [4.78, 5) is 23.2. The number of nitrogens with one attached hydrogen (secondary N) is 2. The molecule has 2 amide bonds. The lowest BCUT2D eigenvalue weighted by atomic mass is 10.1. The van der Waals surface area contributed by atoms with Crippen molar-refractivity contribution in [2.24, 2.45) is 5.73 Å². The number of hydrogen-bond donors (Lipinski definition) is 3. The van der Waals surface area contributed by atoms with Gasteiger partial charge in [-0.05, 0) is 43.0 Å². The average Bonchev–Trinajstić information content (AvgIpc) is 2.38. The topological polar surface area (TPSA) is 84.2 Å². The van der Waals surface area contributed by atoms with E-state index in [1.54, 1.807) is 17.8 Å². The minimum Gasteiger partial charge on any atom is -0.325 e. The molecule has 6 heteroatoms. The summed E-state index contributed by atoms with van der Waals surface area (Å²) in [5, 5.41) is 5.47. The number of anilines is 2.